The Balaban J connectivity index is 1.51. The molecule has 1 aromatic carbocycles. The Morgan fingerprint density at radius 3 is 2.83 bits per heavy atom. The molecule has 3 heterocycles. The average Bonchev–Trinajstić information content (AvgIpc) is 3.43. The van der Waals surface area contributed by atoms with Gasteiger partial charge in [0.2, 0.25) is 0 Å². The topological polar surface area (TPSA) is 80.2 Å². The Bertz CT molecular complexity index is 1080. The van der Waals surface area contributed by atoms with Crippen LogP contribution in [0.4, 0.5) is 0 Å². The van der Waals surface area contributed by atoms with Crippen LogP contribution in [0.15, 0.2) is 53.5 Å². The quantitative estimate of drug-likeness (QED) is 0.682. The number of nitrogens with zero attached hydrogens (tertiary/aromatic N) is 3. The number of rotatable bonds is 6. The summed E-state index contributed by atoms with van der Waals surface area (Å²) in [5.41, 5.74) is 3.25. The molecule has 0 spiro atoms. The van der Waals surface area contributed by atoms with Crippen LogP contribution in [0.3, 0.4) is 0 Å². The normalized spacial score (nSPS) is 16.0. The van der Waals surface area contributed by atoms with Gasteiger partial charge in [-0.3, -0.25) is 14.7 Å². The predicted molar refractivity (Wildman–Crippen MR) is 114 cm³/mol. The van der Waals surface area contributed by atoms with Gasteiger partial charge in [-0.15, -0.1) is 0 Å². The number of aromatic nitrogens is 3. The highest BCUT2D eigenvalue weighted by molar-refractivity contribution is 5.95. The summed E-state index contributed by atoms with van der Waals surface area (Å²) >= 11 is 0. The van der Waals surface area contributed by atoms with Gasteiger partial charge in [0, 0.05) is 25.4 Å². The summed E-state index contributed by atoms with van der Waals surface area (Å²) in [7, 11) is 1.70. The Hall–Kier alpha value is -3.19. The third kappa shape index (κ3) is 4.21. The molecule has 7 nitrogen and oxygen atoms in total. The van der Waals surface area contributed by atoms with E-state index >= 15 is 0 Å². The fraction of sp³-hybridized carbons (Fsp3) is 0.348. The van der Waals surface area contributed by atoms with Crippen LogP contribution in [0.1, 0.15) is 34.5 Å². The van der Waals surface area contributed by atoms with E-state index in [1.165, 1.54) is 0 Å². The van der Waals surface area contributed by atoms with Crippen molar-refractivity contribution in [3.63, 3.8) is 0 Å². The van der Waals surface area contributed by atoms with Gasteiger partial charge in [0.25, 0.3) is 11.5 Å². The molecule has 0 bridgehead atoms. The number of nitrogens with one attached hydrogen (secondary N) is 1. The zero-order valence-electron chi connectivity index (χ0n) is 17.3. The third-order valence-corrected chi connectivity index (χ3v) is 5.47. The highest BCUT2D eigenvalue weighted by Gasteiger charge is 2.22. The smallest absolute Gasteiger partial charge is 0.263 e. The molecule has 30 heavy (non-hydrogen) atoms. The predicted octanol–water partition coefficient (Wildman–Crippen LogP) is 3.00. The highest BCUT2D eigenvalue weighted by atomic mass is 16.5. The molecule has 1 unspecified atom stereocenters. The number of aromatic amines is 1. The number of carbonyl (C=O) groups excluding carboxylic acids is 1. The van der Waals surface area contributed by atoms with Crippen molar-refractivity contribution in [1.29, 1.82) is 0 Å². The molecular formula is C23H26N4O3. The molecule has 1 aliphatic heterocycles. The lowest BCUT2D eigenvalue weighted by molar-refractivity contribution is 0.0776. The standard InChI is InChI=1S/C23H26N4O3/c1-16-10-11-27(15-19-9-6-12-30-19)23(29)21(16)22(28)26(2)14-18-13-20(25-24-18)17-7-4-3-5-8-17/h3-5,7-8,10-11,13,19H,6,9,12,14-15H2,1-2H3,(H,24,25). The van der Waals surface area contributed by atoms with E-state index in [2.05, 4.69) is 10.2 Å². The Labute approximate surface area is 175 Å². The first kappa shape index (κ1) is 20.1. The van der Waals surface area contributed by atoms with E-state index in [0.29, 0.717) is 18.7 Å². The van der Waals surface area contributed by atoms with E-state index in [0.717, 1.165) is 36.4 Å². The van der Waals surface area contributed by atoms with Gasteiger partial charge in [0.15, 0.2) is 0 Å². The Morgan fingerprint density at radius 2 is 2.10 bits per heavy atom. The highest BCUT2D eigenvalue weighted by Crippen LogP contribution is 2.18. The number of hydrogen-bond donors (Lipinski definition) is 1. The minimum atomic E-state index is -0.296. The number of pyridine rings is 1. The number of aryl methyl sites for hydroxylation is 1. The minimum absolute atomic E-state index is 0.0347. The number of benzene rings is 1. The number of carbonyl (C=O) groups is 1. The van der Waals surface area contributed by atoms with Crippen molar-refractivity contribution in [2.24, 2.45) is 0 Å². The second kappa shape index (κ2) is 8.67. The summed E-state index contributed by atoms with van der Waals surface area (Å²) in [5, 5.41) is 7.32. The van der Waals surface area contributed by atoms with E-state index in [1.54, 1.807) is 29.6 Å². The number of hydrogen-bond acceptors (Lipinski definition) is 4. The zero-order chi connectivity index (χ0) is 21.1. The molecule has 1 aliphatic rings. The van der Waals surface area contributed by atoms with Crippen LogP contribution >= 0.6 is 0 Å². The molecule has 2 aromatic heterocycles. The van der Waals surface area contributed by atoms with E-state index in [9.17, 15) is 9.59 Å². The first-order valence-corrected chi connectivity index (χ1v) is 10.2. The number of H-pyrrole nitrogens is 1. The molecule has 156 valence electrons. The van der Waals surface area contributed by atoms with Gasteiger partial charge in [-0.2, -0.15) is 5.10 Å². The molecule has 7 heteroatoms. The van der Waals surface area contributed by atoms with E-state index in [-0.39, 0.29) is 23.1 Å². The molecule has 4 rings (SSSR count). The molecule has 1 amide bonds. The summed E-state index contributed by atoms with van der Waals surface area (Å²) in [4.78, 5) is 27.7. The molecule has 1 saturated heterocycles. The van der Waals surface area contributed by atoms with Crippen LogP contribution in [0, 0.1) is 6.92 Å². The molecule has 0 radical (unpaired) electrons. The van der Waals surface area contributed by atoms with Gasteiger partial charge in [-0.05, 0) is 37.5 Å². The summed E-state index contributed by atoms with van der Waals surface area (Å²) in [6.07, 6.45) is 3.73. The fourth-order valence-corrected chi connectivity index (χ4v) is 3.79. The SMILES string of the molecule is Cc1ccn(CC2CCCO2)c(=O)c1C(=O)N(C)Cc1cc(-c2ccccc2)n[nH]1. The van der Waals surface area contributed by atoms with Crippen molar-refractivity contribution < 1.29 is 9.53 Å². The molecule has 1 N–H and O–H groups in total. The van der Waals surface area contributed by atoms with E-state index in [4.69, 9.17) is 4.74 Å². The van der Waals surface area contributed by atoms with Crippen LogP contribution in [-0.2, 0) is 17.8 Å². The van der Waals surface area contributed by atoms with Crippen LogP contribution in [0.25, 0.3) is 11.3 Å². The van der Waals surface area contributed by atoms with Gasteiger partial charge >= 0.3 is 0 Å². The largest absolute Gasteiger partial charge is 0.376 e. The van der Waals surface area contributed by atoms with Crippen molar-refractivity contribution in [2.75, 3.05) is 13.7 Å². The Kier molecular flexibility index (Phi) is 5.81. The molecule has 1 atom stereocenters. The van der Waals surface area contributed by atoms with Gasteiger partial charge < -0.3 is 14.2 Å². The van der Waals surface area contributed by atoms with Crippen molar-refractivity contribution in [3.8, 4) is 11.3 Å². The monoisotopic (exact) mass is 406 g/mol. The van der Waals surface area contributed by atoms with E-state index in [1.807, 2.05) is 42.5 Å². The minimum Gasteiger partial charge on any atom is -0.376 e. The summed E-state index contributed by atoms with van der Waals surface area (Å²) in [6, 6.07) is 13.6. The molecule has 3 aromatic rings. The summed E-state index contributed by atoms with van der Waals surface area (Å²) in [5.74, 6) is -0.296. The Morgan fingerprint density at radius 1 is 1.30 bits per heavy atom. The van der Waals surface area contributed by atoms with Crippen LogP contribution in [0.2, 0.25) is 0 Å². The van der Waals surface area contributed by atoms with Crippen molar-refractivity contribution in [1.82, 2.24) is 19.7 Å². The molecule has 0 aliphatic carbocycles. The number of ether oxygens (including phenoxy) is 1. The zero-order valence-corrected chi connectivity index (χ0v) is 17.3. The lowest BCUT2D eigenvalue weighted by Crippen LogP contribution is -2.36. The summed E-state index contributed by atoms with van der Waals surface area (Å²) in [6.45, 7) is 3.33. The molecule has 1 fully saturated rings. The maximum Gasteiger partial charge on any atom is 0.263 e. The lowest BCUT2D eigenvalue weighted by atomic mass is 10.1. The molecular weight excluding hydrogens is 380 g/mol. The van der Waals surface area contributed by atoms with Gasteiger partial charge in [-0.1, -0.05) is 30.3 Å². The number of amides is 1. The van der Waals surface area contributed by atoms with Gasteiger partial charge in [-0.25, -0.2) is 0 Å². The van der Waals surface area contributed by atoms with Gasteiger partial charge in [0.1, 0.15) is 5.56 Å². The maximum atomic E-state index is 13.1. The third-order valence-electron chi connectivity index (χ3n) is 5.47. The van der Waals surface area contributed by atoms with Crippen molar-refractivity contribution in [2.45, 2.75) is 39.0 Å². The lowest BCUT2D eigenvalue weighted by Gasteiger charge is -2.19. The van der Waals surface area contributed by atoms with Crippen molar-refractivity contribution in [3.05, 3.63) is 75.8 Å². The van der Waals surface area contributed by atoms with Crippen LogP contribution < -0.4 is 5.56 Å². The average molecular weight is 406 g/mol. The first-order valence-electron chi connectivity index (χ1n) is 10.2. The second-order valence-electron chi connectivity index (χ2n) is 7.77. The van der Waals surface area contributed by atoms with Gasteiger partial charge in [0.05, 0.1) is 30.6 Å². The molecule has 0 saturated carbocycles. The second-order valence-corrected chi connectivity index (χ2v) is 7.77. The van der Waals surface area contributed by atoms with Crippen LogP contribution in [-0.4, -0.2) is 45.3 Å². The summed E-state index contributed by atoms with van der Waals surface area (Å²) < 4.78 is 7.23. The van der Waals surface area contributed by atoms with E-state index < -0.39 is 0 Å². The first-order chi connectivity index (χ1) is 14.5. The maximum absolute atomic E-state index is 13.1. The van der Waals surface area contributed by atoms with Crippen LogP contribution in [0.5, 0.6) is 0 Å². The fourth-order valence-electron chi connectivity index (χ4n) is 3.79. The van der Waals surface area contributed by atoms with Crippen molar-refractivity contribution >= 4 is 5.91 Å².